The van der Waals surface area contributed by atoms with E-state index in [-0.39, 0.29) is 33.9 Å². The summed E-state index contributed by atoms with van der Waals surface area (Å²) in [5, 5.41) is 20.1. The number of carboxylic acid groups (broad SMARTS) is 1. The maximum absolute atomic E-state index is 11.2. The molecule has 0 aliphatic carbocycles. The van der Waals surface area contributed by atoms with Gasteiger partial charge in [-0.05, 0) is 36.3 Å². The quantitative estimate of drug-likeness (QED) is 0.174. The lowest BCUT2D eigenvalue weighted by Crippen LogP contribution is -2.51. The van der Waals surface area contributed by atoms with Gasteiger partial charge in [-0.15, -0.1) is 0 Å². The van der Waals surface area contributed by atoms with Gasteiger partial charge in [0.2, 0.25) is 0 Å². The van der Waals surface area contributed by atoms with Crippen molar-refractivity contribution in [3.8, 4) is 0 Å². The van der Waals surface area contributed by atoms with Crippen LogP contribution >= 0.6 is 0 Å². The van der Waals surface area contributed by atoms with Gasteiger partial charge in [0.05, 0.1) is 12.2 Å². The van der Waals surface area contributed by atoms with Crippen LogP contribution in [-0.4, -0.2) is 51.6 Å². The van der Waals surface area contributed by atoms with E-state index in [9.17, 15) is 9.90 Å². The lowest BCUT2D eigenvalue weighted by molar-refractivity contribution is -0.131. The Hall–Kier alpha value is -0.736. The highest BCUT2D eigenvalue weighted by Gasteiger charge is 2.44. The molecule has 2 N–H and O–H groups in total. The monoisotopic (exact) mass is 500 g/mol. The largest absolute Gasteiger partial charge is 0.478 e. The summed E-state index contributed by atoms with van der Waals surface area (Å²) in [6, 6.07) is 0. The van der Waals surface area contributed by atoms with Gasteiger partial charge in [0.25, 0.3) is 0 Å². The number of aliphatic hydroxyl groups is 1. The van der Waals surface area contributed by atoms with E-state index in [0.717, 1.165) is 6.08 Å². The summed E-state index contributed by atoms with van der Waals surface area (Å²) < 4.78 is 13.4. The number of rotatable bonds is 12. The molecular weight excluding hydrogens is 448 g/mol. The summed E-state index contributed by atoms with van der Waals surface area (Å²) in [4.78, 5) is 10.7. The van der Waals surface area contributed by atoms with Gasteiger partial charge in [-0.3, -0.25) is 0 Å². The molecule has 0 aromatic carbocycles. The Balaban J connectivity index is 5.75. The van der Waals surface area contributed by atoms with Crippen molar-refractivity contribution in [2.24, 2.45) is 17.8 Å². The van der Waals surface area contributed by atoms with Crippen LogP contribution in [0.4, 0.5) is 0 Å². The average Bonchev–Trinajstić information content (AvgIpc) is 2.64. The lowest BCUT2D eigenvalue weighted by Gasteiger charge is -2.45. The highest BCUT2D eigenvalue weighted by Crippen LogP contribution is 2.41. The van der Waals surface area contributed by atoms with Gasteiger partial charge in [-0.1, -0.05) is 80.5 Å². The van der Waals surface area contributed by atoms with E-state index in [2.05, 4.69) is 81.6 Å². The van der Waals surface area contributed by atoms with Crippen LogP contribution in [0.15, 0.2) is 24.3 Å². The second kappa shape index (κ2) is 12.3. The second-order valence-corrected chi connectivity index (χ2v) is 22.2. The van der Waals surface area contributed by atoms with Crippen LogP contribution in [0.5, 0.6) is 0 Å². The fourth-order valence-corrected chi connectivity index (χ4v) is 5.67. The zero-order valence-corrected chi connectivity index (χ0v) is 25.5. The van der Waals surface area contributed by atoms with Gasteiger partial charge >= 0.3 is 5.97 Å². The summed E-state index contributed by atoms with van der Waals surface area (Å²) in [7, 11) is -3.98. The first-order valence-electron chi connectivity index (χ1n) is 12.2. The molecule has 0 heterocycles. The summed E-state index contributed by atoms with van der Waals surface area (Å²) >= 11 is 0. The number of aliphatic hydroxyl groups excluding tert-OH is 1. The Morgan fingerprint density at radius 2 is 1.39 bits per heavy atom. The maximum Gasteiger partial charge on any atom is 0.328 e. The minimum atomic E-state index is -2.08. The van der Waals surface area contributed by atoms with E-state index in [0.29, 0.717) is 6.61 Å². The number of allylic oxidation sites excluding steroid dienone is 2. The summed E-state index contributed by atoms with van der Waals surface area (Å²) in [5.74, 6) is -1.11. The van der Waals surface area contributed by atoms with Crippen molar-refractivity contribution in [2.45, 2.75) is 111 Å². The molecular formula is C26H52O5Si2. The fourth-order valence-electron chi connectivity index (χ4n) is 3.07. The van der Waals surface area contributed by atoms with E-state index in [4.69, 9.17) is 14.0 Å². The van der Waals surface area contributed by atoms with Crippen molar-refractivity contribution in [1.29, 1.82) is 0 Å². The third-order valence-electron chi connectivity index (χ3n) is 7.67. The van der Waals surface area contributed by atoms with Crippen molar-refractivity contribution in [3.63, 3.8) is 0 Å². The molecule has 0 unspecified atom stereocenters. The molecule has 194 valence electrons. The van der Waals surface area contributed by atoms with Crippen molar-refractivity contribution in [3.05, 3.63) is 24.3 Å². The topological polar surface area (TPSA) is 76.0 Å². The second-order valence-electron chi connectivity index (χ2n) is 12.7. The van der Waals surface area contributed by atoms with E-state index in [1.165, 1.54) is 6.08 Å². The fraction of sp³-hybridized carbons (Fsp3) is 0.808. The van der Waals surface area contributed by atoms with Crippen LogP contribution in [0.1, 0.15) is 62.3 Å². The molecule has 0 aromatic rings. The third kappa shape index (κ3) is 10.2. The summed E-state index contributed by atoms with van der Waals surface area (Å²) in [6.45, 7) is 29.2. The van der Waals surface area contributed by atoms with Crippen LogP contribution < -0.4 is 0 Å². The van der Waals surface area contributed by atoms with Crippen molar-refractivity contribution in [1.82, 2.24) is 0 Å². The van der Waals surface area contributed by atoms with Crippen LogP contribution in [-0.2, 0) is 13.6 Å². The number of hydrogen-bond donors (Lipinski definition) is 2. The molecule has 5 nitrogen and oxygen atoms in total. The molecule has 0 rings (SSSR count). The first-order chi connectivity index (χ1) is 14.6. The minimum Gasteiger partial charge on any atom is -0.478 e. The number of aliphatic carboxylic acids is 1. The van der Waals surface area contributed by atoms with E-state index < -0.39 is 28.7 Å². The molecule has 0 aliphatic rings. The van der Waals surface area contributed by atoms with Gasteiger partial charge < -0.3 is 19.1 Å². The molecule has 0 spiro atoms. The van der Waals surface area contributed by atoms with Gasteiger partial charge in [0.1, 0.15) is 0 Å². The highest BCUT2D eigenvalue weighted by atomic mass is 28.4. The predicted octanol–water partition coefficient (Wildman–Crippen LogP) is 6.86. The van der Waals surface area contributed by atoms with Crippen LogP contribution in [0.25, 0.3) is 0 Å². The molecule has 0 aromatic heterocycles. The normalized spacial score (nSPS) is 19.0. The average molecular weight is 501 g/mol. The molecule has 0 amide bonds. The third-order valence-corrected chi connectivity index (χ3v) is 16.6. The predicted molar refractivity (Wildman–Crippen MR) is 145 cm³/mol. The Morgan fingerprint density at radius 1 is 0.909 bits per heavy atom. The van der Waals surface area contributed by atoms with E-state index in [1.807, 2.05) is 13.0 Å². The van der Waals surface area contributed by atoms with Crippen LogP contribution in [0.3, 0.4) is 0 Å². The molecule has 0 fully saturated rings. The zero-order valence-electron chi connectivity index (χ0n) is 23.5. The smallest absolute Gasteiger partial charge is 0.328 e. The van der Waals surface area contributed by atoms with E-state index >= 15 is 0 Å². The van der Waals surface area contributed by atoms with Gasteiger partial charge in [-0.25, -0.2) is 4.79 Å². The maximum atomic E-state index is 11.2. The molecule has 0 bridgehead atoms. The van der Waals surface area contributed by atoms with Gasteiger partial charge in [-0.2, -0.15) is 0 Å². The van der Waals surface area contributed by atoms with Crippen molar-refractivity contribution >= 4 is 22.6 Å². The molecule has 0 saturated heterocycles. The summed E-state index contributed by atoms with van der Waals surface area (Å²) in [5.41, 5.74) is 0. The molecule has 0 aliphatic heterocycles. The first kappa shape index (κ1) is 32.3. The number of carbonyl (C=O) groups is 1. The van der Waals surface area contributed by atoms with Gasteiger partial charge in [0.15, 0.2) is 16.6 Å². The Morgan fingerprint density at radius 3 is 1.82 bits per heavy atom. The zero-order chi connectivity index (χ0) is 26.4. The van der Waals surface area contributed by atoms with Crippen LogP contribution in [0, 0.1) is 17.8 Å². The molecule has 5 atom stereocenters. The SMILES string of the molecule is C[C@H]([C@@H](O)[C@@H](C)/C=C/C=C/C(=O)O)[C@@H](O[Si](C)(C)C(C)(C)C)[C@H](C)CO[Si](C)(C)C(C)(C)C. The Labute approximate surface area is 205 Å². The Kier molecular flexibility index (Phi) is 12.0. The number of carboxylic acids is 1. The summed E-state index contributed by atoms with van der Waals surface area (Å²) in [6.07, 6.45) is 5.34. The first-order valence-corrected chi connectivity index (χ1v) is 18.0. The van der Waals surface area contributed by atoms with Gasteiger partial charge in [0, 0.05) is 30.4 Å². The Bertz CT molecular complexity index is 671. The molecule has 33 heavy (non-hydrogen) atoms. The standard InChI is InChI=1S/C26H52O5Si2/c1-19(16-14-15-17-22(27)28)23(29)21(3)24(31-33(12,13)26(7,8)9)20(2)18-30-32(10,11)25(4,5)6/h14-17,19-21,23-24,29H,18H2,1-13H3,(H,27,28)/b16-14+,17-15+/t19-,20+,21+,23-,24-/m0/s1. The lowest BCUT2D eigenvalue weighted by atomic mass is 9.84. The molecule has 0 saturated carbocycles. The van der Waals surface area contributed by atoms with Crippen LogP contribution in [0.2, 0.25) is 36.3 Å². The van der Waals surface area contributed by atoms with Crippen molar-refractivity contribution < 1.29 is 23.9 Å². The minimum absolute atomic E-state index is 0.0586. The molecule has 7 heteroatoms. The highest BCUT2D eigenvalue weighted by molar-refractivity contribution is 6.74. The molecule has 0 radical (unpaired) electrons. The number of hydrogen-bond acceptors (Lipinski definition) is 4. The van der Waals surface area contributed by atoms with E-state index in [1.54, 1.807) is 6.08 Å². The van der Waals surface area contributed by atoms with Crippen molar-refractivity contribution in [2.75, 3.05) is 6.61 Å².